The fourth-order valence-electron chi connectivity index (χ4n) is 5.27. The second-order valence-electron chi connectivity index (χ2n) is 9.58. The largest absolute Gasteiger partial charge is 0.354 e. The number of nitrogens with two attached hydrogens (primary N) is 2. The third-order valence-corrected chi connectivity index (χ3v) is 7.39. The van der Waals surface area contributed by atoms with E-state index in [1.807, 2.05) is 17.0 Å². The van der Waals surface area contributed by atoms with Crippen molar-refractivity contribution in [2.75, 3.05) is 51.1 Å². The molecule has 11 heteroatoms. The van der Waals surface area contributed by atoms with Crippen LogP contribution in [0, 0.1) is 17.8 Å². The number of nitrogens with zero attached hydrogens (tertiary/aromatic N) is 4. The third-order valence-electron chi connectivity index (χ3n) is 7.39. The van der Waals surface area contributed by atoms with Crippen LogP contribution in [0.1, 0.15) is 5.56 Å². The molecule has 1 aliphatic carbocycles. The third kappa shape index (κ3) is 4.93. The minimum absolute atomic E-state index is 0.0177. The Kier molecular flexibility index (Phi) is 6.54. The summed E-state index contributed by atoms with van der Waals surface area (Å²) in [6, 6.07) is 8.05. The molecule has 2 aliphatic heterocycles. The number of piperidine rings is 1. The molecule has 2 saturated heterocycles. The van der Waals surface area contributed by atoms with E-state index < -0.39 is 11.7 Å². The summed E-state index contributed by atoms with van der Waals surface area (Å²) in [7, 11) is 0. The van der Waals surface area contributed by atoms with Crippen LogP contribution >= 0.6 is 0 Å². The summed E-state index contributed by atoms with van der Waals surface area (Å²) in [5.74, 6) is 1.86. The molecule has 0 spiro atoms. The summed E-state index contributed by atoms with van der Waals surface area (Å²) < 4.78 is 1.40. The molecule has 11 nitrogen and oxygen atoms in total. The zero-order valence-electron chi connectivity index (χ0n) is 19.6. The van der Waals surface area contributed by atoms with Crippen molar-refractivity contribution in [1.29, 1.82) is 0 Å². The number of urea groups is 1. The van der Waals surface area contributed by atoms with Crippen LogP contribution in [0.2, 0.25) is 0 Å². The van der Waals surface area contributed by atoms with Gasteiger partial charge in [-0.1, -0.05) is 12.1 Å². The number of aromatic nitrogens is 2. The van der Waals surface area contributed by atoms with Gasteiger partial charge in [-0.3, -0.25) is 14.7 Å². The first kappa shape index (κ1) is 23.5. The summed E-state index contributed by atoms with van der Waals surface area (Å²) in [6.07, 6.45) is 2.01. The zero-order chi connectivity index (χ0) is 24.5. The van der Waals surface area contributed by atoms with E-state index in [0.717, 1.165) is 31.7 Å². The van der Waals surface area contributed by atoms with Crippen molar-refractivity contribution in [2.45, 2.75) is 12.5 Å². The first-order valence-electron chi connectivity index (χ1n) is 12.1. The minimum Gasteiger partial charge on any atom is -0.341 e. The van der Waals surface area contributed by atoms with Crippen LogP contribution in [0.5, 0.6) is 0 Å². The van der Waals surface area contributed by atoms with Crippen LogP contribution in [0.4, 0.5) is 10.6 Å². The van der Waals surface area contributed by atoms with Crippen LogP contribution in [0.3, 0.4) is 0 Å². The van der Waals surface area contributed by atoms with Gasteiger partial charge in [0.25, 0.3) is 0 Å². The molecule has 35 heavy (non-hydrogen) atoms. The second-order valence-corrected chi connectivity index (χ2v) is 9.58. The van der Waals surface area contributed by atoms with Gasteiger partial charge >= 0.3 is 11.7 Å². The fourth-order valence-corrected chi connectivity index (χ4v) is 5.27. The SMILES string of the molecule is NCC1[C@H]2CN(C(=O)[C@@H](N)Cc3ccc(-n4ccc(NC(=O)N5CCNCC5)nc4=O)cc3)C[C@@H]12. The summed E-state index contributed by atoms with van der Waals surface area (Å²) in [6.45, 7) is 4.93. The minimum atomic E-state index is -0.599. The summed E-state index contributed by atoms with van der Waals surface area (Å²) in [5, 5.41) is 5.87. The Morgan fingerprint density at radius 3 is 2.40 bits per heavy atom. The molecule has 186 valence electrons. The molecule has 0 radical (unpaired) electrons. The van der Waals surface area contributed by atoms with Gasteiger partial charge in [0, 0.05) is 45.5 Å². The highest BCUT2D eigenvalue weighted by atomic mass is 16.2. The molecule has 1 unspecified atom stereocenters. The lowest BCUT2D eigenvalue weighted by molar-refractivity contribution is -0.132. The van der Waals surface area contributed by atoms with Crippen molar-refractivity contribution < 1.29 is 9.59 Å². The van der Waals surface area contributed by atoms with Gasteiger partial charge < -0.3 is 26.6 Å². The van der Waals surface area contributed by atoms with Crippen LogP contribution in [-0.2, 0) is 11.2 Å². The van der Waals surface area contributed by atoms with E-state index in [0.29, 0.717) is 49.5 Å². The molecule has 3 fully saturated rings. The van der Waals surface area contributed by atoms with Gasteiger partial charge in [-0.25, -0.2) is 9.59 Å². The van der Waals surface area contributed by atoms with Gasteiger partial charge in [0.2, 0.25) is 5.91 Å². The number of amides is 3. The zero-order valence-corrected chi connectivity index (χ0v) is 19.6. The highest BCUT2D eigenvalue weighted by Gasteiger charge is 2.55. The van der Waals surface area contributed by atoms with Gasteiger partial charge in [0.15, 0.2) is 0 Å². The average Bonchev–Trinajstić information content (AvgIpc) is 3.35. The molecular weight excluding hydrogens is 448 g/mol. The smallest absolute Gasteiger partial charge is 0.341 e. The molecule has 3 heterocycles. The number of anilines is 1. The lowest BCUT2D eigenvalue weighted by Crippen LogP contribution is -2.48. The number of carbonyl (C=O) groups excluding carboxylic acids is 2. The van der Waals surface area contributed by atoms with Gasteiger partial charge in [0.1, 0.15) is 5.82 Å². The Morgan fingerprint density at radius 1 is 1.09 bits per heavy atom. The number of rotatable bonds is 6. The summed E-state index contributed by atoms with van der Waals surface area (Å²) in [5.41, 5.74) is 13.0. The Hall–Kier alpha value is -3.28. The van der Waals surface area contributed by atoms with Crippen molar-refractivity contribution in [1.82, 2.24) is 24.7 Å². The Bertz CT molecular complexity index is 1130. The number of likely N-dealkylation sites (tertiary alicyclic amines) is 1. The van der Waals surface area contributed by atoms with E-state index in [2.05, 4.69) is 15.6 Å². The molecule has 6 N–H and O–H groups in total. The van der Waals surface area contributed by atoms with Gasteiger partial charge in [-0.2, -0.15) is 4.98 Å². The number of carbonyl (C=O) groups is 2. The number of piperazine rings is 1. The second kappa shape index (κ2) is 9.76. The van der Waals surface area contributed by atoms with E-state index in [4.69, 9.17) is 11.5 Å². The summed E-state index contributed by atoms with van der Waals surface area (Å²) in [4.78, 5) is 45.2. The van der Waals surface area contributed by atoms with E-state index in [1.54, 1.807) is 29.3 Å². The lowest BCUT2D eigenvalue weighted by atomic mass is 10.0. The van der Waals surface area contributed by atoms with Crippen LogP contribution in [0.25, 0.3) is 5.69 Å². The van der Waals surface area contributed by atoms with Crippen LogP contribution < -0.4 is 27.8 Å². The van der Waals surface area contributed by atoms with E-state index in [1.165, 1.54) is 4.57 Å². The van der Waals surface area contributed by atoms with Crippen molar-refractivity contribution >= 4 is 17.8 Å². The maximum Gasteiger partial charge on any atom is 0.354 e. The molecule has 1 aromatic heterocycles. The molecular formula is C24H32N8O3. The Morgan fingerprint density at radius 2 is 1.77 bits per heavy atom. The molecule has 2 aromatic rings. The molecule has 1 saturated carbocycles. The van der Waals surface area contributed by atoms with Crippen LogP contribution in [-0.4, -0.2) is 83.1 Å². The number of benzene rings is 1. The van der Waals surface area contributed by atoms with E-state index in [9.17, 15) is 14.4 Å². The monoisotopic (exact) mass is 480 g/mol. The molecule has 5 rings (SSSR count). The van der Waals surface area contributed by atoms with Crippen molar-refractivity contribution in [3.8, 4) is 5.69 Å². The maximum absolute atomic E-state index is 12.7. The molecule has 1 aromatic carbocycles. The number of nitrogens with one attached hydrogen (secondary N) is 2. The number of fused-ring (bicyclic) bond motifs is 1. The molecule has 4 atom stereocenters. The van der Waals surface area contributed by atoms with Gasteiger partial charge in [-0.15, -0.1) is 0 Å². The number of hydrogen-bond acceptors (Lipinski definition) is 7. The highest BCUT2D eigenvalue weighted by Crippen LogP contribution is 2.50. The first-order valence-corrected chi connectivity index (χ1v) is 12.1. The van der Waals surface area contributed by atoms with E-state index >= 15 is 0 Å². The standard InChI is InChI=1S/C24H32N8O3/c25-12-17-18-13-31(14-19(17)18)22(33)20(26)11-15-1-3-16(4-2-15)32-8-5-21(29-24(32)35)28-23(34)30-9-6-27-7-10-30/h1-5,8,17-20,27H,6-7,9-14,25-26H2,(H,28,29,34,35)/t17?,18-,19+,20-/m0/s1. The highest BCUT2D eigenvalue weighted by molar-refractivity contribution is 5.88. The predicted molar refractivity (Wildman–Crippen MR) is 131 cm³/mol. The fraction of sp³-hybridized carbons (Fsp3) is 0.500. The quantitative estimate of drug-likeness (QED) is 0.423. The lowest BCUT2D eigenvalue weighted by Gasteiger charge is -2.27. The first-order chi connectivity index (χ1) is 16.9. The Labute approximate surface area is 203 Å². The maximum atomic E-state index is 12.7. The van der Waals surface area contributed by atoms with Crippen molar-refractivity contribution in [3.05, 3.63) is 52.6 Å². The average molecular weight is 481 g/mol. The summed E-state index contributed by atoms with van der Waals surface area (Å²) >= 11 is 0. The van der Waals surface area contributed by atoms with Crippen molar-refractivity contribution in [3.63, 3.8) is 0 Å². The van der Waals surface area contributed by atoms with Gasteiger partial charge in [0.05, 0.1) is 11.7 Å². The molecule has 3 aliphatic rings. The normalized spacial score (nSPS) is 24.1. The van der Waals surface area contributed by atoms with E-state index in [-0.39, 0.29) is 17.8 Å². The molecule has 0 bridgehead atoms. The predicted octanol–water partition coefficient (Wildman–Crippen LogP) is -0.797. The topological polar surface area (TPSA) is 152 Å². The Balaban J connectivity index is 1.17. The molecule has 3 amide bonds. The van der Waals surface area contributed by atoms with Crippen LogP contribution in [0.15, 0.2) is 41.3 Å². The van der Waals surface area contributed by atoms with Gasteiger partial charge in [-0.05, 0) is 54.5 Å². The number of hydrogen-bond donors (Lipinski definition) is 4. The van der Waals surface area contributed by atoms with Crippen molar-refractivity contribution in [2.24, 2.45) is 29.2 Å².